The lowest BCUT2D eigenvalue weighted by Gasteiger charge is -2.20. The summed E-state index contributed by atoms with van der Waals surface area (Å²) in [4.78, 5) is 12.6. The van der Waals surface area contributed by atoms with Crippen molar-refractivity contribution >= 4 is 21.9 Å². The summed E-state index contributed by atoms with van der Waals surface area (Å²) in [6, 6.07) is 13.9. The Morgan fingerprint density at radius 1 is 1.03 bits per heavy atom. The number of nitrogens with one attached hydrogen (secondary N) is 1. The minimum atomic E-state index is -3.95. The molecule has 13 heteroatoms. The number of hydrogen-bond donors (Lipinski definition) is 1. The third kappa shape index (κ3) is 5.78. The second kappa shape index (κ2) is 11.8. The Morgan fingerprint density at radius 2 is 1.69 bits per heavy atom. The first-order chi connectivity index (χ1) is 17.3. The van der Waals surface area contributed by atoms with Crippen LogP contribution in [0.15, 0.2) is 51.8 Å². The molecule has 3 aromatic rings. The van der Waals surface area contributed by atoms with E-state index >= 15 is 0 Å². The molecule has 2 aromatic carbocycles. The third-order valence-corrected chi connectivity index (χ3v) is 6.89. The number of nitriles is 2. The van der Waals surface area contributed by atoms with Gasteiger partial charge in [0.15, 0.2) is 11.5 Å². The maximum absolute atomic E-state index is 12.9. The highest BCUT2D eigenvalue weighted by Gasteiger charge is 2.24. The minimum Gasteiger partial charge on any atom is -0.493 e. The number of methoxy groups -OCH3 is 2. The average molecular weight is 511 g/mol. The maximum atomic E-state index is 12.9. The molecule has 1 N–H and O–H groups in total. The van der Waals surface area contributed by atoms with Gasteiger partial charge in [-0.15, -0.1) is 5.10 Å². The number of sulfonamides is 1. The number of carbonyl (C=O) groups excluding carboxylic acids is 1. The van der Waals surface area contributed by atoms with Crippen LogP contribution in [0.5, 0.6) is 11.5 Å². The van der Waals surface area contributed by atoms with Gasteiger partial charge in [-0.3, -0.25) is 10.1 Å². The molecule has 36 heavy (non-hydrogen) atoms. The molecule has 0 unspecified atom stereocenters. The van der Waals surface area contributed by atoms with Crippen LogP contribution in [0.1, 0.15) is 23.2 Å². The molecule has 12 nitrogen and oxygen atoms in total. The van der Waals surface area contributed by atoms with Crippen molar-refractivity contribution in [3.63, 3.8) is 0 Å². The highest BCUT2D eigenvalue weighted by atomic mass is 32.2. The lowest BCUT2D eigenvalue weighted by Crippen LogP contribution is -2.32. The number of rotatable bonds is 11. The van der Waals surface area contributed by atoms with Gasteiger partial charge in [0, 0.05) is 31.5 Å². The molecule has 1 amide bonds. The van der Waals surface area contributed by atoms with E-state index in [0.717, 1.165) is 4.31 Å². The van der Waals surface area contributed by atoms with Crippen LogP contribution in [0.3, 0.4) is 0 Å². The van der Waals surface area contributed by atoms with Crippen LogP contribution in [0, 0.1) is 22.7 Å². The fourth-order valence-electron chi connectivity index (χ4n) is 3.24. The predicted octanol–water partition coefficient (Wildman–Crippen LogP) is 2.82. The summed E-state index contributed by atoms with van der Waals surface area (Å²) in [5.74, 6) is 0.347. The smallest absolute Gasteiger partial charge is 0.322 e. The topological polar surface area (TPSA) is 171 Å². The van der Waals surface area contributed by atoms with Crippen LogP contribution in [-0.4, -0.2) is 56.1 Å². The number of ether oxygens (including phenoxy) is 2. The number of aromatic nitrogens is 2. The summed E-state index contributed by atoms with van der Waals surface area (Å²) >= 11 is 0. The summed E-state index contributed by atoms with van der Waals surface area (Å²) in [6.07, 6.45) is -0.0298. The molecular formula is C23H22N6O6S. The molecule has 0 aliphatic carbocycles. The van der Waals surface area contributed by atoms with Crippen molar-refractivity contribution in [3.8, 4) is 35.1 Å². The molecule has 0 fully saturated rings. The second-order valence-corrected chi connectivity index (χ2v) is 9.09. The van der Waals surface area contributed by atoms with Crippen molar-refractivity contribution in [1.82, 2.24) is 14.5 Å². The molecule has 0 saturated heterocycles. The van der Waals surface area contributed by atoms with E-state index in [4.69, 9.17) is 24.4 Å². The molecule has 0 aliphatic heterocycles. The molecule has 186 valence electrons. The van der Waals surface area contributed by atoms with E-state index in [9.17, 15) is 13.2 Å². The van der Waals surface area contributed by atoms with Crippen LogP contribution in [0.25, 0.3) is 11.5 Å². The summed E-state index contributed by atoms with van der Waals surface area (Å²) in [5, 5.41) is 27.8. The largest absolute Gasteiger partial charge is 0.493 e. The van der Waals surface area contributed by atoms with Crippen molar-refractivity contribution in [2.45, 2.75) is 17.7 Å². The number of hydrogen-bond acceptors (Lipinski definition) is 10. The normalized spacial score (nSPS) is 10.9. The molecule has 1 aromatic heterocycles. The Hall–Kier alpha value is -4.46. The van der Waals surface area contributed by atoms with Crippen LogP contribution in [0.4, 0.5) is 6.01 Å². The Kier molecular flexibility index (Phi) is 8.57. The number of benzene rings is 2. The predicted molar refractivity (Wildman–Crippen MR) is 126 cm³/mol. The van der Waals surface area contributed by atoms with Gasteiger partial charge in [0.2, 0.25) is 10.0 Å². The number of amides is 1. The molecule has 0 radical (unpaired) electrons. The van der Waals surface area contributed by atoms with Gasteiger partial charge in [-0.05, 0) is 36.4 Å². The van der Waals surface area contributed by atoms with Crippen LogP contribution >= 0.6 is 0 Å². The Balaban J connectivity index is 1.76. The van der Waals surface area contributed by atoms with E-state index in [0.29, 0.717) is 17.1 Å². The molecule has 1 heterocycles. The van der Waals surface area contributed by atoms with Crippen molar-refractivity contribution in [2.24, 2.45) is 0 Å². The lowest BCUT2D eigenvalue weighted by molar-refractivity contribution is 0.102. The molecular weight excluding hydrogens is 488 g/mol. The van der Waals surface area contributed by atoms with Crippen molar-refractivity contribution in [3.05, 3.63) is 48.0 Å². The molecule has 0 saturated carbocycles. The minimum absolute atomic E-state index is 0.0149. The van der Waals surface area contributed by atoms with Crippen LogP contribution in [-0.2, 0) is 10.0 Å². The van der Waals surface area contributed by atoms with Gasteiger partial charge >= 0.3 is 6.01 Å². The van der Waals surface area contributed by atoms with Gasteiger partial charge < -0.3 is 13.9 Å². The van der Waals surface area contributed by atoms with Gasteiger partial charge in [-0.25, -0.2) is 8.42 Å². The second-order valence-electron chi connectivity index (χ2n) is 7.15. The van der Waals surface area contributed by atoms with E-state index in [1.807, 2.05) is 12.1 Å². The summed E-state index contributed by atoms with van der Waals surface area (Å²) in [6.45, 7) is -0.0827. The summed E-state index contributed by atoms with van der Waals surface area (Å²) < 4.78 is 43.0. The number of carbonyl (C=O) groups is 1. The zero-order valence-corrected chi connectivity index (χ0v) is 20.3. The summed E-state index contributed by atoms with van der Waals surface area (Å²) in [5.41, 5.74) is 0.616. The van der Waals surface area contributed by atoms with Gasteiger partial charge in [-0.2, -0.15) is 14.8 Å². The molecule has 0 atom stereocenters. The van der Waals surface area contributed by atoms with Crippen LogP contribution in [0.2, 0.25) is 0 Å². The standard InChI is InChI=1S/C23H22N6O6S/c1-33-19-7-3-6-18(20(19)34-2)22-27-28-23(35-22)26-21(30)16-8-10-17(11-9-16)36(31,32)29(14-4-12-24)15-5-13-25/h3,6-11H,4-5,14-15H2,1-2H3,(H,26,28,30). The Morgan fingerprint density at radius 3 is 2.28 bits per heavy atom. The van der Waals surface area contributed by atoms with Gasteiger partial charge in [0.1, 0.15) is 0 Å². The highest BCUT2D eigenvalue weighted by Crippen LogP contribution is 2.37. The first-order valence-electron chi connectivity index (χ1n) is 10.6. The molecule has 0 spiro atoms. The Bertz CT molecular complexity index is 1390. The van der Waals surface area contributed by atoms with E-state index in [1.165, 1.54) is 38.5 Å². The number of para-hydroxylation sites is 1. The third-order valence-electron chi connectivity index (χ3n) is 4.98. The van der Waals surface area contributed by atoms with E-state index < -0.39 is 15.9 Å². The van der Waals surface area contributed by atoms with E-state index in [-0.39, 0.29) is 48.3 Å². The fourth-order valence-corrected chi connectivity index (χ4v) is 4.68. The van der Waals surface area contributed by atoms with Crippen molar-refractivity contribution < 1.29 is 27.1 Å². The highest BCUT2D eigenvalue weighted by molar-refractivity contribution is 7.89. The first kappa shape index (κ1) is 26.2. The molecule has 3 rings (SSSR count). The van der Waals surface area contributed by atoms with E-state index in [1.54, 1.807) is 18.2 Å². The average Bonchev–Trinajstić information content (AvgIpc) is 3.36. The molecule has 0 bridgehead atoms. The monoisotopic (exact) mass is 510 g/mol. The maximum Gasteiger partial charge on any atom is 0.322 e. The van der Waals surface area contributed by atoms with E-state index in [2.05, 4.69) is 15.5 Å². The number of anilines is 1. The number of nitrogens with zero attached hydrogens (tertiary/aromatic N) is 5. The zero-order valence-electron chi connectivity index (χ0n) is 19.5. The first-order valence-corrected chi connectivity index (χ1v) is 12.0. The molecule has 0 aliphatic rings. The van der Waals surface area contributed by atoms with Gasteiger partial charge in [-0.1, -0.05) is 11.2 Å². The Labute approximate surface area is 207 Å². The zero-order chi connectivity index (χ0) is 26.1. The lowest BCUT2D eigenvalue weighted by atomic mass is 10.2. The van der Waals surface area contributed by atoms with Crippen LogP contribution < -0.4 is 14.8 Å². The fraction of sp³-hybridized carbons (Fsp3) is 0.261. The van der Waals surface area contributed by atoms with Crippen molar-refractivity contribution in [1.29, 1.82) is 10.5 Å². The van der Waals surface area contributed by atoms with Gasteiger partial charge in [0.25, 0.3) is 11.8 Å². The summed E-state index contributed by atoms with van der Waals surface area (Å²) in [7, 11) is -0.988. The quantitative estimate of drug-likeness (QED) is 0.404. The van der Waals surface area contributed by atoms with Crippen molar-refractivity contribution in [2.75, 3.05) is 32.6 Å². The van der Waals surface area contributed by atoms with Gasteiger partial charge in [0.05, 0.1) is 36.8 Å². The SMILES string of the molecule is COc1cccc(-c2nnc(NC(=O)c3ccc(S(=O)(=O)N(CCC#N)CCC#N)cc3)o2)c1OC.